The van der Waals surface area contributed by atoms with E-state index in [0.29, 0.717) is 0 Å². The first kappa shape index (κ1) is 17.1. The third-order valence-electron chi connectivity index (χ3n) is 2.41. The lowest BCUT2D eigenvalue weighted by Crippen LogP contribution is -2.31. The minimum atomic E-state index is -3.95. The molecule has 112 valence electrons. The number of hydrogen-bond donors (Lipinski definition) is 2. The first-order valence-electron chi connectivity index (χ1n) is 5.67. The normalized spacial score (nSPS) is 10.7. The van der Waals surface area contributed by atoms with Crippen molar-refractivity contribution in [3.63, 3.8) is 0 Å². The lowest BCUT2D eigenvalue weighted by Gasteiger charge is -2.07. The maximum absolute atomic E-state index is 12.0. The molecule has 0 heterocycles. The van der Waals surface area contributed by atoms with E-state index in [0.717, 1.165) is 6.07 Å². The van der Waals surface area contributed by atoms with Gasteiger partial charge in [0, 0.05) is 11.0 Å². The molecule has 1 aromatic carbocycles. The van der Waals surface area contributed by atoms with E-state index in [1.54, 1.807) is 0 Å². The number of nitrogens with one attached hydrogen (secondary N) is 1. The first-order chi connectivity index (χ1) is 9.77. The smallest absolute Gasteiger partial charge is 0.336 e. The van der Waals surface area contributed by atoms with Gasteiger partial charge in [-0.25, -0.2) is 13.2 Å². The van der Waals surface area contributed by atoms with Gasteiger partial charge >= 0.3 is 5.97 Å². The number of benzene rings is 1. The summed E-state index contributed by atoms with van der Waals surface area (Å²) in [5.74, 6) is -2.83. The Labute approximate surface area is 129 Å². The van der Waals surface area contributed by atoms with Crippen molar-refractivity contribution >= 4 is 37.6 Å². The largest absolute Gasteiger partial charge is 0.478 e. The average molecular weight is 375 g/mol. The fraction of sp³-hybridized carbons (Fsp3) is 0.250. The number of aromatic carboxylic acids is 1. The van der Waals surface area contributed by atoms with Crippen LogP contribution in [0, 0.1) is 11.3 Å². The highest BCUT2D eigenvalue weighted by Crippen LogP contribution is 2.21. The van der Waals surface area contributed by atoms with E-state index in [4.69, 9.17) is 10.4 Å². The van der Waals surface area contributed by atoms with Gasteiger partial charge in [-0.3, -0.25) is 4.79 Å². The molecule has 0 spiro atoms. The van der Waals surface area contributed by atoms with Crippen molar-refractivity contribution in [2.75, 3.05) is 12.3 Å². The molecule has 0 saturated heterocycles. The number of carboxylic acid groups (broad SMARTS) is 1. The quantitative estimate of drug-likeness (QED) is 0.714. The minimum Gasteiger partial charge on any atom is -0.478 e. The number of sulfone groups is 1. The summed E-state index contributed by atoms with van der Waals surface area (Å²) in [6, 6.07) is 5.31. The van der Waals surface area contributed by atoms with Crippen LogP contribution in [0.15, 0.2) is 27.6 Å². The van der Waals surface area contributed by atoms with E-state index in [1.165, 1.54) is 12.1 Å². The third-order valence-corrected chi connectivity index (χ3v) is 4.71. The van der Waals surface area contributed by atoms with Crippen molar-refractivity contribution in [1.82, 2.24) is 5.32 Å². The number of nitrogens with zero attached hydrogens (tertiary/aromatic N) is 1. The van der Waals surface area contributed by atoms with Crippen molar-refractivity contribution in [3.8, 4) is 6.07 Å². The van der Waals surface area contributed by atoms with Crippen molar-refractivity contribution in [1.29, 1.82) is 5.26 Å². The molecule has 1 aromatic rings. The Morgan fingerprint density at radius 1 is 1.38 bits per heavy atom. The molecule has 21 heavy (non-hydrogen) atoms. The molecule has 0 fully saturated rings. The highest BCUT2D eigenvalue weighted by Gasteiger charge is 2.21. The molecule has 2 N–H and O–H groups in total. The zero-order valence-corrected chi connectivity index (χ0v) is 13.1. The minimum absolute atomic E-state index is 0.0611. The third kappa shape index (κ3) is 4.84. The molecule has 7 nitrogen and oxygen atoms in total. The lowest BCUT2D eigenvalue weighted by molar-refractivity contribution is -0.118. The number of rotatable bonds is 6. The van der Waals surface area contributed by atoms with Crippen molar-refractivity contribution in [3.05, 3.63) is 28.2 Å². The van der Waals surface area contributed by atoms with E-state index in [2.05, 4.69) is 21.2 Å². The molecule has 0 unspecified atom stereocenters. The number of carbonyl (C=O) groups excluding carboxylic acids is 1. The fourth-order valence-corrected chi connectivity index (χ4v) is 3.03. The van der Waals surface area contributed by atoms with Gasteiger partial charge in [-0.15, -0.1) is 0 Å². The highest BCUT2D eigenvalue weighted by atomic mass is 79.9. The number of nitriles is 1. The van der Waals surface area contributed by atoms with Gasteiger partial charge in [0.15, 0.2) is 9.84 Å². The zero-order chi connectivity index (χ0) is 16.0. The van der Waals surface area contributed by atoms with E-state index >= 15 is 0 Å². The second-order valence-corrected chi connectivity index (χ2v) is 6.81. The molecular weight excluding hydrogens is 364 g/mol. The van der Waals surface area contributed by atoms with Crippen LogP contribution in [-0.4, -0.2) is 37.7 Å². The number of carbonyl (C=O) groups is 2. The maximum Gasteiger partial charge on any atom is 0.336 e. The van der Waals surface area contributed by atoms with Crippen molar-refractivity contribution < 1.29 is 23.1 Å². The van der Waals surface area contributed by atoms with Crippen molar-refractivity contribution in [2.24, 2.45) is 0 Å². The molecule has 0 aliphatic heterocycles. The van der Waals surface area contributed by atoms with Crippen LogP contribution in [-0.2, 0) is 14.6 Å². The molecule has 0 aromatic heterocycles. The van der Waals surface area contributed by atoms with Gasteiger partial charge in [0.1, 0.15) is 5.75 Å². The molecule has 1 amide bonds. The van der Waals surface area contributed by atoms with Gasteiger partial charge in [0.25, 0.3) is 0 Å². The Morgan fingerprint density at radius 2 is 2.05 bits per heavy atom. The average Bonchev–Trinajstić information content (AvgIpc) is 2.38. The standard InChI is InChI=1S/C12H11BrN2O5S/c13-10-3-2-8(6-9(10)12(17)18)21(19,20)7-11(16)15-5-1-4-14/h2-3,6H,1,5,7H2,(H,15,16)(H,17,18). The SMILES string of the molecule is N#CCCNC(=O)CS(=O)(=O)c1ccc(Br)c(C(=O)O)c1. The Morgan fingerprint density at radius 3 is 2.62 bits per heavy atom. The summed E-state index contributed by atoms with van der Waals surface area (Å²) >= 11 is 3.01. The van der Waals surface area contributed by atoms with Gasteiger partial charge in [-0.2, -0.15) is 5.26 Å². The van der Waals surface area contributed by atoms with Crippen LogP contribution in [0.1, 0.15) is 16.8 Å². The molecule has 0 aliphatic rings. The van der Waals surface area contributed by atoms with E-state index in [-0.39, 0.29) is 27.9 Å². The number of amides is 1. The van der Waals surface area contributed by atoms with Gasteiger partial charge in [0.2, 0.25) is 5.91 Å². The monoisotopic (exact) mass is 374 g/mol. The topological polar surface area (TPSA) is 124 Å². The molecule has 9 heteroatoms. The molecule has 1 rings (SSSR count). The maximum atomic E-state index is 12.0. The molecular formula is C12H11BrN2O5S. The number of carboxylic acids is 1. The predicted molar refractivity (Wildman–Crippen MR) is 76.4 cm³/mol. The van der Waals surface area contributed by atoms with Gasteiger partial charge < -0.3 is 10.4 Å². The predicted octanol–water partition coefficient (Wildman–Crippen LogP) is 0.951. The van der Waals surface area contributed by atoms with Crippen LogP contribution in [0.5, 0.6) is 0 Å². The van der Waals surface area contributed by atoms with Gasteiger partial charge in [-0.1, -0.05) is 0 Å². The molecule has 0 saturated carbocycles. The Bertz CT molecular complexity index is 709. The van der Waals surface area contributed by atoms with E-state index < -0.39 is 27.5 Å². The van der Waals surface area contributed by atoms with E-state index in [9.17, 15) is 18.0 Å². The summed E-state index contributed by atoms with van der Waals surface area (Å²) < 4.78 is 24.3. The Kier molecular flexibility index (Phi) is 5.87. The first-order valence-corrected chi connectivity index (χ1v) is 8.11. The van der Waals surface area contributed by atoms with Crippen LogP contribution >= 0.6 is 15.9 Å². The lowest BCUT2D eigenvalue weighted by atomic mass is 10.2. The molecule has 0 atom stereocenters. The second kappa shape index (κ2) is 7.19. The summed E-state index contributed by atoms with van der Waals surface area (Å²) in [7, 11) is -3.95. The molecule has 0 bridgehead atoms. The van der Waals surface area contributed by atoms with Gasteiger partial charge in [-0.05, 0) is 34.1 Å². The number of hydrogen-bond acceptors (Lipinski definition) is 5. The van der Waals surface area contributed by atoms with E-state index in [1.807, 2.05) is 6.07 Å². The molecule has 0 aliphatic carbocycles. The van der Waals surface area contributed by atoms with Crippen LogP contribution in [0.4, 0.5) is 0 Å². The summed E-state index contributed by atoms with van der Waals surface area (Å²) in [5.41, 5.74) is -0.207. The van der Waals surface area contributed by atoms with Crippen LogP contribution in [0.2, 0.25) is 0 Å². The summed E-state index contributed by atoms with van der Waals surface area (Å²) in [6.45, 7) is 0.0611. The second-order valence-electron chi connectivity index (χ2n) is 3.96. The summed E-state index contributed by atoms with van der Waals surface area (Å²) in [6.07, 6.45) is 0.0766. The van der Waals surface area contributed by atoms with Crippen LogP contribution < -0.4 is 5.32 Å². The van der Waals surface area contributed by atoms with Crippen LogP contribution in [0.25, 0.3) is 0 Å². The Balaban J connectivity index is 2.94. The molecule has 0 radical (unpaired) electrons. The summed E-state index contributed by atoms with van der Waals surface area (Å²) in [5, 5.41) is 19.6. The number of halogens is 1. The fourth-order valence-electron chi connectivity index (χ4n) is 1.43. The van der Waals surface area contributed by atoms with Crippen molar-refractivity contribution in [2.45, 2.75) is 11.3 Å². The highest BCUT2D eigenvalue weighted by molar-refractivity contribution is 9.10. The summed E-state index contributed by atoms with van der Waals surface area (Å²) in [4.78, 5) is 22.2. The van der Waals surface area contributed by atoms with Crippen LogP contribution in [0.3, 0.4) is 0 Å². The van der Waals surface area contributed by atoms with Gasteiger partial charge in [0.05, 0.1) is 22.9 Å². The Hall–Kier alpha value is -1.92. The zero-order valence-electron chi connectivity index (χ0n) is 10.7.